The number of anilines is 1. The molecule has 0 saturated heterocycles. The number of hydrogen-bond donors (Lipinski definition) is 2. The third-order valence-corrected chi connectivity index (χ3v) is 4.51. The van der Waals surface area contributed by atoms with Gasteiger partial charge in [-0.05, 0) is 36.2 Å². The molecule has 3 rings (SSSR count). The monoisotopic (exact) mass is 401 g/mol. The summed E-state index contributed by atoms with van der Waals surface area (Å²) in [6, 6.07) is 11.7. The van der Waals surface area contributed by atoms with Crippen molar-refractivity contribution in [1.29, 1.82) is 0 Å². The molecule has 0 aliphatic rings. The minimum absolute atomic E-state index is 0.108. The molecule has 0 fully saturated rings. The van der Waals surface area contributed by atoms with Crippen LogP contribution in [0.25, 0.3) is 0 Å². The third-order valence-electron chi connectivity index (χ3n) is 4.14. The van der Waals surface area contributed by atoms with Crippen molar-refractivity contribution in [3.63, 3.8) is 0 Å². The van der Waals surface area contributed by atoms with Crippen LogP contribution in [0.5, 0.6) is 17.2 Å². The van der Waals surface area contributed by atoms with Gasteiger partial charge in [0.1, 0.15) is 16.5 Å². The fraction of sp³-hybridized carbons (Fsp3) is 0.238. The lowest BCUT2D eigenvalue weighted by Crippen LogP contribution is -2.08. The predicted molar refractivity (Wildman–Crippen MR) is 108 cm³/mol. The number of pyridine rings is 2. The van der Waals surface area contributed by atoms with E-state index in [-0.39, 0.29) is 28.3 Å². The smallest absolute Gasteiger partial charge is 0.218 e. The summed E-state index contributed by atoms with van der Waals surface area (Å²) in [6.07, 6.45) is 2.36. The molecule has 7 heteroatoms. The average molecular weight is 402 g/mol. The lowest BCUT2D eigenvalue weighted by Gasteiger charge is -2.14. The summed E-state index contributed by atoms with van der Waals surface area (Å²) in [6.45, 7) is 4.41. The van der Waals surface area contributed by atoms with Crippen molar-refractivity contribution in [2.24, 2.45) is 0 Å². The number of rotatable bonds is 7. The standard InChI is InChI=1S/C21H21ClFN3O2/c1-13(2)16-11-15(6-7-17(16)27)28-18-12-19(23)26-21(20(18)22)25-10-8-14-5-3-4-9-24-14/h3-7,9,11-13,27H,8,10H2,1-2H3,(H,25,26). The summed E-state index contributed by atoms with van der Waals surface area (Å²) in [4.78, 5) is 8.06. The van der Waals surface area contributed by atoms with Crippen molar-refractivity contribution in [2.75, 3.05) is 11.9 Å². The van der Waals surface area contributed by atoms with Gasteiger partial charge < -0.3 is 15.2 Å². The molecule has 0 unspecified atom stereocenters. The van der Waals surface area contributed by atoms with Gasteiger partial charge in [0.05, 0.1) is 0 Å². The van der Waals surface area contributed by atoms with Crippen LogP contribution in [-0.2, 0) is 6.42 Å². The van der Waals surface area contributed by atoms with Gasteiger partial charge in [0.15, 0.2) is 11.6 Å². The van der Waals surface area contributed by atoms with E-state index in [0.717, 1.165) is 17.3 Å². The highest BCUT2D eigenvalue weighted by molar-refractivity contribution is 6.34. The van der Waals surface area contributed by atoms with Gasteiger partial charge in [-0.1, -0.05) is 31.5 Å². The Bertz CT molecular complexity index is 952. The van der Waals surface area contributed by atoms with E-state index < -0.39 is 5.95 Å². The maximum absolute atomic E-state index is 14.0. The molecular formula is C21H21ClFN3O2. The number of aromatic hydroxyl groups is 1. The van der Waals surface area contributed by atoms with Gasteiger partial charge in [0.25, 0.3) is 0 Å². The molecule has 0 saturated carbocycles. The maximum Gasteiger partial charge on any atom is 0.218 e. The van der Waals surface area contributed by atoms with Crippen molar-refractivity contribution < 1.29 is 14.2 Å². The molecule has 0 bridgehead atoms. The van der Waals surface area contributed by atoms with Crippen molar-refractivity contribution in [2.45, 2.75) is 26.2 Å². The van der Waals surface area contributed by atoms with Gasteiger partial charge in [-0.15, -0.1) is 0 Å². The molecule has 0 amide bonds. The second-order valence-corrected chi connectivity index (χ2v) is 6.96. The number of phenols is 1. The van der Waals surface area contributed by atoms with Gasteiger partial charge >= 0.3 is 0 Å². The van der Waals surface area contributed by atoms with Crippen molar-refractivity contribution >= 4 is 17.4 Å². The molecule has 0 spiro atoms. The molecular weight excluding hydrogens is 381 g/mol. The Morgan fingerprint density at radius 3 is 2.75 bits per heavy atom. The second kappa shape index (κ2) is 8.89. The lowest BCUT2D eigenvalue weighted by atomic mass is 10.0. The number of nitrogens with one attached hydrogen (secondary N) is 1. The fourth-order valence-corrected chi connectivity index (χ4v) is 2.91. The minimum Gasteiger partial charge on any atom is -0.508 e. The molecule has 2 aromatic heterocycles. The Morgan fingerprint density at radius 1 is 1.21 bits per heavy atom. The van der Waals surface area contributed by atoms with Gasteiger partial charge in [-0.25, -0.2) is 4.98 Å². The zero-order valence-electron chi connectivity index (χ0n) is 15.6. The van der Waals surface area contributed by atoms with Crippen molar-refractivity contribution in [3.8, 4) is 17.2 Å². The SMILES string of the molecule is CC(C)c1cc(Oc2cc(F)nc(NCCc3ccccn3)c2Cl)ccc1O. The van der Waals surface area contributed by atoms with Gasteiger partial charge in [0.2, 0.25) is 5.95 Å². The Morgan fingerprint density at radius 2 is 2.04 bits per heavy atom. The molecule has 5 nitrogen and oxygen atoms in total. The molecule has 2 heterocycles. The summed E-state index contributed by atoms with van der Waals surface area (Å²) in [7, 11) is 0. The van der Waals surface area contributed by atoms with Crippen molar-refractivity contribution in [1.82, 2.24) is 9.97 Å². The quantitative estimate of drug-likeness (QED) is 0.508. The van der Waals surface area contributed by atoms with Crippen molar-refractivity contribution in [3.05, 3.63) is 70.9 Å². The largest absolute Gasteiger partial charge is 0.508 e. The van der Waals surface area contributed by atoms with Gasteiger partial charge in [0, 0.05) is 36.5 Å². The number of nitrogens with zero attached hydrogens (tertiary/aromatic N) is 2. The zero-order valence-corrected chi connectivity index (χ0v) is 16.4. The predicted octanol–water partition coefficient (Wildman–Crippen LogP) is 5.55. The number of ether oxygens (including phenoxy) is 1. The first-order chi connectivity index (χ1) is 13.4. The lowest BCUT2D eigenvalue weighted by molar-refractivity contribution is 0.452. The average Bonchev–Trinajstić information content (AvgIpc) is 2.67. The highest BCUT2D eigenvalue weighted by atomic mass is 35.5. The maximum atomic E-state index is 14.0. The molecule has 0 aliphatic heterocycles. The molecule has 28 heavy (non-hydrogen) atoms. The first kappa shape index (κ1) is 19.9. The number of hydrogen-bond acceptors (Lipinski definition) is 5. The summed E-state index contributed by atoms with van der Waals surface area (Å²) in [5.74, 6) is 0.393. The third kappa shape index (κ3) is 4.89. The molecule has 1 aromatic carbocycles. The van der Waals surface area contributed by atoms with Crippen LogP contribution in [0.4, 0.5) is 10.2 Å². The Kier molecular flexibility index (Phi) is 6.31. The number of phenolic OH excluding ortho intramolecular Hbond substituents is 1. The van der Waals surface area contributed by atoms with Crippen LogP contribution in [0.2, 0.25) is 5.02 Å². The topological polar surface area (TPSA) is 67.3 Å². The Hall–Kier alpha value is -2.86. The Labute approximate surface area is 168 Å². The zero-order chi connectivity index (χ0) is 20.1. The van der Waals surface area contributed by atoms with Crippen LogP contribution in [0, 0.1) is 5.95 Å². The minimum atomic E-state index is -0.706. The van der Waals surface area contributed by atoms with Crippen LogP contribution >= 0.6 is 11.6 Å². The van der Waals surface area contributed by atoms with Crippen LogP contribution in [-0.4, -0.2) is 21.6 Å². The van der Waals surface area contributed by atoms with Crippen LogP contribution in [0.1, 0.15) is 31.0 Å². The van der Waals surface area contributed by atoms with E-state index in [1.165, 1.54) is 0 Å². The van der Waals surface area contributed by atoms with E-state index >= 15 is 0 Å². The van der Waals surface area contributed by atoms with E-state index in [0.29, 0.717) is 18.7 Å². The normalized spacial score (nSPS) is 10.9. The first-order valence-corrected chi connectivity index (χ1v) is 9.32. The van der Waals surface area contributed by atoms with Crippen LogP contribution in [0.3, 0.4) is 0 Å². The summed E-state index contributed by atoms with van der Waals surface area (Å²) < 4.78 is 19.8. The fourth-order valence-electron chi connectivity index (χ4n) is 2.71. The van der Waals surface area contributed by atoms with Crippen LogP contribution in [0.15, 0.2) is 48.7 Å². The first-order valence-electron chi connectivity index (χ1n) is 8.94. The number of halogens is 2. The highest BCUT2D eigenvalue weighted by Crippen LogP contribution is 2.37. The van der Waals surface area contributed by atoms with Gasteiger partial charge in [-0.3, -0.25) is 4.98 Å². The summed E-state index contributed by atoms with van der Waals surface area (Å²) in [5, 5.41) is 13.1. The number of aromatic nitrogens is 2. The van der Waals surface area contributed by atoms with Crippen LogP contribution < -0.4 is 10.1 Å². The molecule has 0 atom stereocenters. The Balaban J connectivity index is 1.76. The summed E-state index contributed by atoms with van der Waals surface area (Å²) >= 11 is 6.36. The summed E-state index contributed by atoms with van der Waals surface area (Å²) in [5.41, 5.74) is 1.64. The van der Waals surface area contributed by atoms with E-state index in [2.05, 4.69) is 15.3 Å². The molecule has 2 N–H and O–H groups in total. The highest BCUT2D eigenvalue weighted by Gasteiger charge is 2.15. The van der Waals surface area contributed by atoms with E-state index in [1.807, 2.05) is 32.0 Å². The van der Waals surface area contributed by atoms with E-state index in [4.69, 9.17) is 16.3 Å². The molecule has 3 aromatic rings. The molecule has 0 radical (unpaired) electrons. The number of benzene rings is 1. The molecule has 146 valence electrons. The van der Waals surface area contributed by atoms with Gasteiger partial charge in [-0.2, -0.15) is 4.39 Å². The molecule has 0 aliphatic carbocycles. The van der Waals surface area contributed by atoms with E-state index in [9.17, 15) is 9.50 Å². The van der Waals surface area contributed by atoms with E-state index in [1.54, 1.807) is 24.4 Å². The second-order valence-electron chi connectivity index (χ2n) is 6.58.